The maximum atomic E-state index is 12.1. The highest BCUT2D eigenvalue weighted by atomic mass is 35.5. The largest absolute Gasteiger partial charge is 0.348 e. The molecule has 1 amide bonds. The van der Waals surface area contributed by atoms with Gasteiger partial charge in [-0.3, -0.25) is 4.79 Å². The number of aryl methyl sites for hydroxylation is 1. The number of nitrogens with one attached hydrogen (secondary N) is 2. The average molecular weight is 360 g/mol. The van der Waals surface area contributed by atoms with E-state index in [2.05, 4.69) is 15.0 Å². The van der Waals surface area contributed by atoms with Crippen molar-refractivity contribution in [1.82, 2.24) is 10.0 Å². The zero-order valence-electron chi connectivity index (χ0n) is 13.7. The van der Waals surface area contributed by atoms with Gasteiger partial charge in [-0.2, -0.15) is 0 Å². The second-order valence-electron chi connectivity index (χ2n) is 5.46. The van der Waals surface area contributed by atoms with E-state index in [4.69, 9.17) is 11.6 Å². The van der Waals surface area contributed by atoms with Gasteiger partial charge in [0, 0.05) is 17.6 Å². The van der Waals surface area contributed by atoms with Gasteiger partial charge in [-0.15, -0.1) is 0 Å². The molecule has 1 aromatic rings. The molecular formula is C15H22ClN3O3S. The Labute approximate surface area is 142 Å². The van der Waals surface area contributed by atoms with E-state index < -0.39 is 10.0 Å². The van der Waals surface area contributed by atoms with E-state index in [0.717, 1.165) is 11.8 Å². The molecule has 0 aliphatic carbocycles. The normalized spacial score (nSPS) is 13.7. The Morgan fingerprint density at radius 1 is 1.39 bits per heavy atom. The molecule has 0 saturated carbocycles. The summed E-state index contributed by atoms with van der Waals surface area (Å²) in [6, 6.07) is 5.09. The van der Waals surface area contributed by atoms with Crippen LogP contribution in [0.2, 0.25) is 5.02 Å². The van der Waals surface area contributed by atoms with Crippen LogP contribution in [0.3, 0.4) is 0 Å². The van der Waals surface area contributed by atoms with Gasteiger partial charge in [0.2, 0.25) is 10.0 Å². The van der Waals surface area contributed by atoms with Crippen molar-refractivity contribution >= 4 is 38.9 Å². The lowest BCUT2D eigenvalue weighted by Crippen LogP contribution is -2.38. The van der Waals surface area contributed by atoms with E-state index in [1.165, 1.54) is 0 Å². The fourth-order valence-electron chi connectivity index (χ4n) is 1.84. The van der Waals surface area contributed by atoms with Crippen LogP contribution < -0.4 is 10.0 Å². The molecule has 1 unspecified atom stereocenters. The lowest BCUT2D eigenvalue weighted by Gasteiger charge is -2.14. The molecule has 1 aromatic carbocycles. The van der Waals surface area contributed by atoms with Crippen LogP contribution in [0.1, 0.15) is 25.8 Å². The summed E-state index contributed by atoms with van der Waals surface area (Å²) in [6.45, 7) is 5.58. The van der Waals surface area contributed by atoms with Gasteiger partial charge in [0.05, 0.1) is 11.9 Å². The van der Waals surface area contributed by atoms with Crippen LogP contribution in [-0.2, 0) is 14.8 Å². The van der Waals surface area contributed by atoms with Crippen molar-refractivity contribution in [2.24, 2.45) is 4.99 Å². The SMILES string of the molecule is CC(=Nc1ccc(Cl)cc1C)C(=O)NC(C)CCNS(C)(=O)=O. The molecule has 0 aliphatic rings. The molecule has 128 valence electrons. The number of sulfonamides is 1. The maximum Gasteiger partial charge on any atom is 0.265 e. The summed E-state index contributed by atoms with van der Waals surface area (Å²) >= 11 is 5.89. The van der Waals surface area contributed by atoms with Crippen LogP contribution >= 0.6 is 11.6 Å². The molecule has 0 aliphatic heterocycles. The minimum absolute atomic E-state index is 0.173. The molecule has 0 bridgehead atoms. The molecular weight excluding hydrogens is 338 g/mol. The number of aliphatic imine (C=N–C) groups is 1. The molecule has 0 radical (unpaired) electrons. The lowest BCUT2D eigenvalue weighted by molar-refractivity contribution is -0.115. The van der Waals surface area contributed by atoms with E-state index in [1.54, 1.807) is 25.1 Å². The minimum atomic E-state index is -3.21. The molecule has 23 heavy (non-hydrogen) atoms. The third kappa shape index (κ3) is 7.58. The van der Waals surface area contributed by atoms with Crippen molar-refractivity contribution < 1.29 is 13.2 Å². The fraction of sp³-hybridized carbons (Fsp3) is 0.467. The Kier molecular flexibility index (Phi) is 7.18. The van der Waals surface area contributed by atoms with Crippen LogP contribution in [0, 0.1) is 6.92 Å². The van der Waals surface area contributed by atoms with E-state index in [1.807, 2.05) is 13.8 Å². The number of amides is 1. The van der Waals surface area contributed by atoms with Gasteiger partial charge in [0.1, 0.15) is 5.71 Å². The second-order valence-corrected chi connectivity index (χ2v) is 7.73. The zero-order valence-corrected chi connectivity index (χ0v) is 15.3. The molecule has 0 spiro atoms. The summed E-state index contributed by atoms with van der Waals surface area (Å²) in [5.74, 6) is -0.286. The Bertz CT molecular complexity index is 702. The van der Waals surface area contributed by atoms with Gasteiger partial charge in [0.25, 0.3) is 5.91 Å². The van der Waals surface area contributed by atoms with Crippen molar-refractivity contribution in [2.75, 3.05) is 12.8 Å². The number of rotatable bonds is 7. The zero-order chi connectivity index (χ0) is 17.6. The van der Waals surface area contributed by atoms with Gasteiger partial charge in [-0.05, 0) is 51.0 Å². The lowest BCUT2D eigenvalue weighted by atomic mass is 10.2. The van der Waals surface area contributed by atoms with Crippen LogP contribution in [0.5, 0.6) is 0 Å². The number of carbonyl (C=O) groups excluding carboxylic acids is 1. The number of benzene rings is 1. The predicted octanol–water partition coefficient (Wildman–Crippen LogP) is 2.18. The number of carbonyl (C=O) groups is 1. The third-order valence-electron chi connectivity index (χ3n) is 3.09. The van der Waals surface area contributed by atoms with Crippen molar-refractivity contribution in [2.45, 2.75) is 33.2 Å². The molecule has 2 N–H and O–H groups in total. The van der Waals surface area contributed by atoms with Gasteiger partial charge in [0.15, 0.2) is 0 Å². The quantitative estimate of drug-likeness (QED) is 0.731. The summed E-state index contributed by atoms with van der Waals surface area (Å²) in [4.78, 5) is 16.4. The minimum Gasteiger partial charge on any atom is -0.348 e. The Balaban J connectivity index is 2.60. The summed E-state index contributed by atoms with van der Waals surface area (Å²) in [5, 5.41) is 3.41. The Hall–Kier alpha value is -1.44. The summed E-state index contributed by atoms with van der Waals surface area (Å²) in [6.07, 6.45) is 1.59. The summed E-state index contributed by atoms with van der Waals surface area (Å²) < 4.78 is 24.3. The first-order valence-corrected chi connectivity index (χ1v) is 9.42. The second kappa shape index (κ2) is 8.42. The van der Waals surface area contributed by atoms with Gasteiger partial charge >= 0.3 is 0 Å². The van der Waals surface area contributed by atoms with Gasteiger partial charge < -0.3 is 5.32 Å². The first kappa shape index (κ1) is 19.6. The highest BCUT2D eigenvalue weighted by Gasteiger charge is 2.11. The fourth-order valence-corrected chi connectivity index (χ4v) is 2.55. The Morgan fingerprint density at radius 2 is 2.04 bits per heavy atom. The average Bonchev–Trinajstić information content (AvgIpc) is 2.40. The topological polar surface area (TPSA) is 87.6 Å². The summed E-state index contributed by atoms with van der Waals surface area (Å²) in [7, 11) is -3.21. The van der Waals surface area contributed by atoms with Crippen molar-refractivity contribution in [3.8, 4) is 0 Å². The monoisotopic (exact) mass is 359 g/mol. The number of nitrogens with zero attached hydrogens (tertiary/aromatic N) is 1. The third-order valence-corrected chi connectivity index (χ3v) is 4.06. The van der Waals surface area contributed by atoms with Crippen LogP contribution in [0.15, 0.2) is 23.2 Å². The first-order valence-electron chi connectivity index (χ1n) is 7.15. The van der Waals surface area contributed by atoms with Gasteiger partial charge in [-0.25, -0.2) is 18.1 Å². The molecule has 0 saturated heterocycles. The maximum absolute atomic E-state index is 12.1. The summed E-state index contributed by atoms with van der Waals surface area (Å²) in [5.41, 5.74) is 1.90. The van der Waals surface area contributed by atoms with Gasteiger partial charge in [-0.1, -0.05) is 11.6 Å². The highest BCUT2D eigenvalue weighted by molar-refractivity contribution is 7.88. The molecule has 0 fully saturated rings. The van der Waals surface area contributed by atoms with Crippen LogP contribution in [0.25, 0.3) is 0 Å². The van der Waals surface area contributed by atoms with Crippen molar-refractivity contribution in [1.29, 1.82) is 0 Å². The van der Waals surface area contributed by atoms with Crippen LogP contribution in [0.4, 0.5) is 5.69 Å². The van der Waals surface area contributed by atoms with Crippen LogP contribution in [-0.4, -0.2) is 38.9 Å². The van der Waals surface area contributed by atoms with E-state index in [-0.39, 0.29) is 18.5 Å². The Morgan fingerprint density at radius 3 is 2.61 bits per heavy atom. The highest BCUT2D eigenvalue weighted by Crippen LogP contribution is 2.22. The molecule has 0 heterocycles. The van der Waals surface area contributed by atoms with Crippen molar-refractivity contribution in [3.63, 3.8) is 0 Å². The van der Waals surface area contributed by atoms with E-state index >= 15 is 0 Å². The number of halogens is 1. The van der Waals surface area contributed by atoms with E-state index in [0.29, 0.717) is 22.8 Å². The molecule has 8 heteroatoms. The smallest absolute Gasteiger partial charge is 0.265 e. The molecule has 0 aromatic heterocycles. The number of hydrogen-bond acceptors (Lipinski definition) is 4. The predicted molar refractivity (Wildman–Crippen MR) is 94.0 cm³/mol. The molecule has 6 nitrogen and oxygen atoms in total. The number of hydrogen-bond donors (Lipinski definition) is 2. The molecule has 1 rings (SSSR count). The van der Waals surface area contributed by atoms with Crippen molar-refractivity contribution in [3.05, 3.63) is 28.8 Å². The standard InChI is InChI=1S/C15H22ClN3O3S/c1-10-9-13(16)5-6-14(10)19-12(3)15(20)18-11(2)7-8-17-23(4,21)22/h5-6,9,11,17H,7-8H2,1-4H3,(H,18,20). The molecule has 1 atom stereocenters. The van der Waals surface area contributed by atoms with E-state index in [9.17, 15) is 13.2 Å². The first-order chi connectivity index (χ1) is 10.6.